The second-order valence-corrected chi connectivity index (χ2v) is 4.51. The van der Waals surface area contributed by atoms with Crippen LogP contribution in [0.5, 0.6) is 0 Å². The Morgan fingerprint density at radius 2 is 2.00 bits per heavy atom. The lowest BCUT2D eigenvalue weighted by Crippen LogP contribution is -2.37. The van der Waals surface area contributed by atoms with Gasteiger partial charge in [-0.3, -0.25) is 14.9 Å². The minimum Gasteiger partial charge on any atom is -0.469 e. The molecule has 0 aliphatic carbocycles. The molecule has 6 nitrogen and oxygen atoms in total. The van der Waals surface area contributed by atoms with E-state index in [-0.39, 0.29) is 5.69 Å². The first-order chi connectivity index (χ1) is 8.32. The van der Waals surface area contributed by atoms with Crippen molar-refractivity contribution in [3.05, 3.63) is 39.9 Å². The molecule has 0 saturated carbocycles. The number of carbonyl (C=O) groups excluding carboxylic acids is 1. The first-order valence-electron chi connectivity index (χ1n) is 5.39. The van der Waals surface area contributed by atoms with Gasteiger partial charge in [0, 0.05) is 11.6 Å². The minimum absolute atomic E-state index is 0.0954. The van der Waals surface area contributed by atoms with Crippen molar-refractivity contribution < 1.29 is 14.5 Å². The van der Waals surface area contributed by atoms with Crippen LogP contribution in [0.25, 0.3) is 0 Å². The smallest absolute Gasteiger partial charge is 0.313 e. The lowest BCUT2D eigenvalue weighted by molar-refractivity contribution is -0.385. The van der Waals surface area contributed by atoms with E-state index in [9.17, 15) is 14.9 Å². The number of ether oxygens (including phenoxy) is 1. The summed E-state index contributed by atoms with van der Waals surface area (Å²) < 4.78 is 4.67. The minimum atomic E-state index is -1.04. The molecule has 1 rings (SSSR count). The molecule has 0 heterocycles. The molecule has 0 saturated heterocycles. The van der Waals surface area contributed by atoms with Crippen molar-refractivity contribution >= 4 is 11.7 Å². The Labute approximate surface area is 105 Å². The van der Waals surface area contributed by atoms with Gasteiger partial charge in [-0.1, -0.05) is 18.2 Å². The zero-order chi connectivity index (χ0) is 13.9. The fourth-order valence-corrected chi connectivity index (χ4v) is 1.70. The second-order valence-electron chi connectivity index (χ2n) is 4.51. The van der Waals surface area contributed by atoms with Crippen LogP contribution in [0.4, 0.5) is 5.69 Å². The standard InChI is InChI=1S/C12H16N2O4/c1-12(2,11(15)18-3)10(13)8-6-4-5-7-9(8)14(16)17/h4-7,10H,13H2,1-3H3/t10-/m0/s1. The van der Waals surface area contributed by atoms with E-state index in [0.717, 1.165) is 0 Å². The number of rotatable bonds is 4. The molecule has 6 heteroatoms. The maximum atomic E-state index is 11.7. The summed E-state index contributed by atoms with van der Waals surface area (Å²) in [6.45, 7) is 3.19. The van der Waals surface area contributed by atoms with Crippen LogP contribution >= 0.6 is 0 Å². The number of para-hydroxylation sites is 1. The first kappa shape index (κ1) is 14.1. The number of hydrogen-bond acceptors (Lipinski definition) is 5. The van der Waals surface area contributed by atoms with Crippen LogP contribution in [0.1, 0.15) is 25.5 Å². The molecule has 0 unspecified atom stereocenters. The molecule has 0 aliphatic heterocycles. The molecule has 98 valence electrons. The zero-order valence-electron chi connectivity index (χ0n) is 10.5. The summed E-state index contributed by atoms with van der Waals surface area (Å²) in [4.78, 5) is 22.1. The molecule has 0 bridgehead atoms. The van der Waals surface area contributed by atoms with Crippen LogP contribution in [-0.2, 0) is 9.53 Å². The highest BCUT2D eigenvalue weighted by molar-refractivity contribution is 5.77. The van der Waals surface area contributed by atoms with Crippen molar-refractivity contribution in [1.29, 1.82) is 0 Å². The number of carbonyl (C=O) groups is 1. The quantitative estimate of drug-likeness (QED) is 0.500. The van der Waals surface area contributed by atoms with E-state index in [0.29, 0.717) is 5.56 Å². The van der Waals surface area contributed by atoms with E-state index >= 15 is 0 Å². The van der Waals surface area contributed by atoms with Gasteiger partial charge in [0.05, 0.1) is 23.5 Å². The summed E-state index contributed by atoms with van der Waals surface area (Å²) in [5.41, 5.74) is 5.16. The predicted octanol–water partition coefficient (Wildman–Crippen LogP) is 1.79. The van der Waals surface area contributed by atoms with Gasteiger partial charge >= 0.3 is 5.97 Å². The van der Waals surface area contributed by atoms with E-state index < -0.39 is 22.3 Å². The summed E-state index contributed by atoms with van der Waals surface area (Å²) in [6.07, 6.45) is 0. The highest BCUT2D eigenvalue weighted by Crippen LogP contribution is 2.36. The average Bonchev–Trinajstić information content (AvgIpc) is 2.36. The van der Waals surface area contributed by atoms with Crippen molar-refractivity contribution in [2.24, 2.45) is 11.1 Å². The van der Waals surface area contributed by atoms with Gasteiger partial charge in [-0.2, -0.15) is 0 Å². The molecule has 0 fully saturated rings. The Morgan fingerprint density at radius 1 is 1.44 bits per heavy atom. The maximum Gasteiger partial charge on any atom is 0.313 e. The highest BCUT2D eigenvalue weighted by Gasteiger charge is 2.39. The summed E-state index contributed by atoms with van der Waals surface area (Å²) in [5, 5.41) is 10.9. The molecule has 1 atom stereocenters. The van der Waals surface area contributed by atoms with Crippen molar-refractivity contribution in [2.75, 3.05) is 7.11 Å². The summed E-state index contributed by atoms with van der Waals surface area (Å²) >= 11 is 0. The lowest BCUT2D eigenvalue weighted by atomic mass is 9.80. The summed E-state index contributed by atoms with van der Waals surface area (Å²) in [5.74, 6) is -0.506. The van der Waals surface area contributed by atoms with E-state index in [1.807, 2.05) is 0 Å². The van der Waals surface area contributed by atoms with Crippen LogP contribution in [0.2, 0.25) is 0 Å². The number of nitrogens with two attached hydrogens (primary N) is 1. The van der Waals surface area contributed by atoms with Gasteiger partial charge in [0.25, 0.3) is 5.69 Å². The van der Waals surface area contributed by atoms with Gasteiger partial charge in [-0.25, -0.2) is 0 Å². The summed E-state index contributed by atoms with van der Waals surface area (Å²) in [6, 6.07) is 5.30. The SMILES string of the molecule is COC(=O)C(C)(C)[C@@H](N)c1ccccc1[N+](=O)[O-]. The first-order valence-corrected chi connectivity index (χ1v) is 5.39. The number of benzene rings is 1. The van der Waals surface area contributed by atoms with E-state index in [4.69, 9.17) is 5.73 Å². The molecule has 1 aromatic rings. The number of nitro groups is 1. The Hall–Kier alpha value is -1.95. The van der Waals surface area contributed by atoms with Gasteiger partial charge in [0.15, 0.2) is 0 Å². The number of methoxy groups -OCH3 is 1. The van der Waals surface area contributed by atoms with Gasteiger partial charge in [-0.15, -0.1) is 0 Å². The van der Waals surface area contributed by atoms with Crippen molar-refractivity contribution in [3.8, 4) is 0 Å². The van der Waals surface area contributed by atoms with E-state index in [1.54, 1.807) is 32.0 Å². The molecule has 1 aromatic carbocycles. The van der Waals surface area contributed by atoms with Crippen LogP contribution in [0.15, 0.2) is 24.3 Å². The molecule has 0 spiro atoms. The highest BCUT2D eigenvalue weighted by atomic mass is 16.6. The van der Waals surface area contributed by atoms with E-state index in [2.05, 4.69) is 4.74 Å². The lowest BCUT2D eigenvalue weighted by Gasteiger charge is -2.28. The van der Waals surface area contributed by atoms with Crippen LogP contribution in [-0.4, -0.2) is 18.0 Å². The average molecular weight is 252 g/mol. The molecule has 0 amide bonds. The van der Waals surface area contributed by atoms with Crippen molar-refractivity contribution in [3.63, 3.8) is 0 Å². The molecule has 18 heavy (non-hydrogen) atoms. The largest absolute Gasteiger partial charge is 0.469 e. The van der Waals surface area contributed by atoms with Crippen LogP contribution in [0, 0.1) is 15.5 Å². The Morgan fingerprint density at radius 3 is 2.50 bits per heavy atom. The Kier molecular flexibility index (Phi) is 4.03. The fourth-order valence-electron chi connectivity index (χ4n) is 1.70. The zero-order valence-corrected chi connectivity index (χ0v) is 10.5. The van der Waals surface area contributed by atoms with Crippen molar-refractivity contribution in [1.82, 2.24) is 0 Å². The van der Waals surface area contributed by atoms with Gasteiger partial charge in [-0.05, 0) is 13.8 Å². The molecular formula is C12H16N2O4. The molecule has 0 radical (unpaired) electrons. The second kappa shape index (κ2) is 5.14. The topological polar surface area (TPSA) is 95.5 Å². The molecule has 0 aliphatic rings. The maximum absolute atomic E-state index is 11.7. The van der Waals surface area contributed by atoms with E-state index in [1.165, 1.54) is 13.2 Å². The number of hydrogen-bond donors (Lipinski definition) is 1. The van der Waals surface area contributed by atoms with Crippen LogP contribution < -0.4 is 5.73 Å². The Bertz CT molecular complexity index is 471. The monoisotopic (exact) mass is 252 g/mol. The molecule has 2 N–H and O–H groups in total. The van der Waals surface area contributed by atoms with Gasteiger partial charge in [0.2, 0.25) is 0 Å². The van der Waals surface area contributed by atoms with Crippen LogP contribution in [0.3, 0.4) is 0 Å². The number of nitrogens with zero attached hydrogens (tertiary/aromatic N) is 1. The van der Waals surface area contributed by atoms with Crippen molar-refractivity contribution in [2.45, 2.75) is 19.9 Å². The number of nitro benzene ring substituents is 1. The predicted molar refractivity (Wildman–Crippen MR) is 65.8 cm³/mol. The number of esters is 1. The van der Waals surface area contributed by atoms with Gasteiger partial charge < -0.3 is 10.5 Å². The normalized spacial score (nSPS) is 12.9. The molecule has 0 aromatic heterocycles. The Balaban J connectivity index is 3.22. The molecular weight excluding hydrogens is 236 g/mol. The fraction of sp³-hybridized carbons (Fsp3) is 0.417. The third-order valence-electron chi connectivity index (χ3n) is 2.96. The third-order valence-corrected chi connectivity index (χ3v) is 2.96. The van der Waals surface area contributed by atoms with Gasteiger partial charge in [0.1, 0.15) is 0 Å². The third kappa shape index (κ3) is 2.48. The summed E-state index contributed by atoms with van der Waals surface area (Å²) in [7, 11) is 1.26.